The van der Waals surface area contributed by atoms with Gasteiger partial charge in [0, 0.05) is 11.8 Å². The Morgan fingerprint density at radius 2 is 2.27 bits per heavy atom. The number of anilines is 1. The standard InChI is InChI=1S/C14H15F2N3O2S/c1-8-3-2-4-10(21-14(15)16)12(8)19-13(20)9-7-22-11(18-9)5-6-17/h2-4,7,14H,5-6,17H2,1H3,(H,19,20). The van der Waals surface area contributed by atoms with Crippen LogP contribution in [0.3, 0.4) is 0 Å². The lowest BCUT2D eigenvalue weighted by atomic mass is 10.2. The molecule has 0 aliphatic carbocycles. The second kappa shape index (κ2) is 7.28. The summed E-state index contributed by atoms with van der Waals surface area (Å²) < 4.78 is 29.3. The van der Waals surface area contributed by atoms with Crippen LogP contribution in [0.5, 0.6) is 5.75 Å². The molecule has 1 aromatic heterocycles. The molecule has 0 radical (unpaired) electrons. The summed E-state index contributed by atoms with van der Waals surface area (Å²) in [7, 11) is 0. The average molecular weight is 327 g/mol. The molecule has 0 saturated carbocycles. The van der Waals surface area contributed by atoms with Gasteiger partial charge >= 0.3 is 6.61 Å². The van der Waals surface area contributed by atoms with E-state index in [4.69, 9.17) is 5.73 Å². The van der Waals surface area contributed by atoms with E-state index in [9.17, 15) is 13.6 Å². The summed E-state index contributed by atoms with van der Waals surface area (Å²) >= 11 is 1.33. The van der Waals surface area contributed by atoms with E-state index >= 15 is 0 Å². The molecule has 0 fully saturated rings. The first kappa shape index (κ1) is 16.3. The van der Waals surface area contributed by atoms with Gasteiger partial charge in [0.25, 0.3) is 5.91 Å². The highest BCUT2D eigenvalue weighted by atomic mass is 32.1. The number of ether oxygens (including phenoxy) is 1. The van der Waals surface area contributed by atoms with E-state index in [0.29, 0.717) is 18.5 Å². The molecule has 8 heteroatoms. The molecule has 0 aliphatic heterocycles. The van der Waals surface area contributed by atoms with E-state index < -0.39 is 12.5 Å². The lowest BCUT2D eigenvalue weighted by Crippen LogP contribution is -2.15. The fraction of sp³-hybridized carbons (Fsp3) is 0.286. The van der Waals surface area contributed by atoms with E-state index in [-0.39, 0.29) is 17.1 Å². The van der Waals surface area contributed by atoms with E-state index in [2.05, 4.69) is 15.0 Å². The van der Waals surface area contributed by atoms with Gasteiger partial charge in [-0.25, -0.2) is 4.98 Å². The fourth-order valence-corrected chi connectivity index (χ4v) is 2.62. The minimum absolute atomic E-state index is 0.0826. The van der Waals surface area contributed by atoms with Crippen LogP contribution < -0.4 is 15.8 Å². The minimum Gasteiger partial charge on any atom is -0.433 e. The van der Waals surface area contributed by atoms with Crippen LogP contribution in [0, 0.1) is 6.92 Å². The predicted octanol–water partition coefficient (Wildman–Crippen LogP) is 2.81. The summed E-state index contributed by atoms with van der Waals surface area (Å²) in [6, 6.07) is 4.63. The van der Waals surface area contributed by atoms with Gasteiger partial charge in [-0.2, -0.15) is 8.78 Å². The number of hydrogen-bond donors (Lipinski definition) is 2. The third-order valence-corrected chi connectivity index (χ3v) is 3.74. The van der Waals surface area contributed by atoms with Crippen LogP contribution in [-0.2, 0) is 6.42 Å². The highest BCUT2D eigenvalue weighted by Crippen LogP contribution is 2.30. The number of carbonyl (C=O) groups is 1. The van der Waals surface area contributed by atoms with Crippen LogP contribution in [-0.4, -0.2) is 24.0 Å². The number of alkyl halides is 2. The molecule has 3 N–H and O–H groups in total. The van der Waals surface area contributed by atoms with Crippen molar-refractivity contribution < 1.29 is 18.3 Å². The lowest BCUT2D eigenvalue weighted by Gasteiger charge is -2.13. The molecule has 118 valence electrons. The van der Waals surface area contributed by atoms with Crippen LogP contribution in [0.25, 0.3) is 0 Å². The highest BCUT2D eigenvalue weighted by molar-refractivity contribution is 7.09. The zero-order valence-electron chi connectivity index (χ0n) is 11.8. The largest absolute Gasteiger partial charge is 0.433 e. The van der Waals surface area contributed by atoms with Gasteiger partial charge in [0.1, 0.15) is 11.4 Å². The Morgan fingerprint density at radius 3 is 2.95 bits per heavy atom. The number of carbonyl (C=O) groups excluding carboxylic acids is 1. The van der Waals surface area contributed by atoms with Crippen LogP contribution in [0.1, 0.15) is 21.1 Å². The van der Waals surface area contributed by atoms with E-state index in [0.717, 1.165) is 5.01 Å². The number of aryl methyl sites for hydroxylation is 1. The summed E-state index contributed by atoms with van der Waals surface area (Å²) in [5.41, 5.74) is 6.48. The molecular formula is C14H15F2N3O2S. The molecule has 5 nitrogen and oxygen atoms in total. The third kappa shape index (κ3) is 3.99. The van der Waals surface area contributed by atoms with Gasteiger partial charge in [-0.3, -0.25) is 4.79 Å². The van der Waals surface area contributed by atoms with Crippen molar-refractivity contribution in [1.29, 1.82) is 0 Å². The predicted molar refractivity (Wildman–Crippen MR) is 80.6 cm³/mol. The number of nitrogens with zero attached hydrogens (tertiary/aromatic N) is 1. The fourth-order valence-electron chi connectivity index (χ4n) is 1.83. The molecule has 0 aliphatic rings. The van der Waals surface area contributed by atoms with Gasteiger partial charge in [-0.05, 0) is 25.1 Å². The van der Waals surface area contributed by atoms with Crippen LogP contribution in [0.15, 0.2) is 23.6 Å². The number of aromatic nitrogens is 1. The molecule has 0 spiro atoms. The first-order valence-corrected chi connectivity index (χ1v) is 7.39. The molecule has 0 saturated heterocycles. The molecular weight excluding hydrogens is 312 g/mol. The van der Waals surface area contributed by atoms with Crippen molar-refractivity contribution in [2.75, 3.05) is 11.9 Å². The first-order chi connectivity index (χ1) is 10.5. The summed E-state index contributed by atoms with van der Waals surface area (Å²) in [5, 5.41) is 4.93. The maximum absolute atomic E-state index is 12.4. The summed E-state index contributed by atoms with van der Waals surface area (Å²) in [6.45, 7) is -0.832. The van der Waals surface area contributed by atoms with E-state index in [1.807, 2.05) is 0 Å². The Bertz CT molecular complexity index is 661. The topological polar surface area (TPSA) is 77.2 Å². The van der Waals surface area contributed by atoms with Gasteiger partial charge in [0.2, 0.25) is 0 Å². The number of hydrogen-bond acceptors (Lipinski definition) is 5. The molecule has 0 unspecified atom stereocenters. The Morgan fingerprint density at radius 1 is 1.50 bits per heavy atom. The van der Waals surface area contributed by atoms with Crippen LogP contribution >= 0.6 is 11.3 Å². The summed E-state index contributed by atoms with van der Waals surface area (Å²) in [5.74, 6) is -0.561. The minimum atomic E-state index is -2.96. The van der Waals surface area contributed by atoms with Crippen LogP contribution in [0.4, 0.5) is 14.5 Å². The Labute approximate surface area is 130 Å². The molecule has 1 heterocycles. The Kier molecular flexibility index (Phi) is 5.40. The van der Waals surface area contributed by atoms with Crippen LogP contribution in [0.2, 0.25) is 0 Å². The number of nitrogens with two attached hydrogens (primary N) is 1. The van der Waals surface area contributed by atoms with Crippen molar-refractivity contribution in [3.05, 3.63) is 39.8 Å². The van der Waals surface area contributed by atoms with Crippen molar-refractivity contribution >= 4 is 22.9 Å². The van der Waals surface area contributed by atoms with Crippen molar-refractivity contribution in [2.24, 2.45) is 5.73 Å². The number of nitrogens with one attached hydrogen (secondary N) is 1. The SMILES string of the molecule is Cc1cccc(OC(F)F)c1NC(=O)c1csc(CCN)n1. The number of thiazole rings is 1. The Hall–Kier alpha value is -2.06. The molecule has 1 amide bonds. The number of amides is 1. The quantitative estimate of drug-likeness (QED) is 0.855. The molecule has 22 heavy (non-hydrogen) atoms. The van der Waals surface area contributed by atoms with Gasteiger partial charge in [0.15, 0.2) is 0 Å². The first-order valence-electron chi connectivity index (χ1n) is 6.51. The Balaban J connectivity index is 2.20. The van der Waals surface area contributed by atoms with Gasteiger partial charge in [0.05, 0.1) is 10.7 Å². The molecule has 0 bridgehead atoms. The number of para-hydroxylation sites is 1. The van der Waals surface area contributed by atoms with Gasteiger partial charge < -0.3 is 15.8 Å². The van der Waals surface area contributed by atoms with E-state index in [1.165, 1.54) is 17.4 Å². The number of halogens is 2. The monoisotopic (exact) mass is 327 g/mol. The maximum Gasteiger partial charge on any atom is 0.387 e. The molecule has 0 atom stereocenters. The van der Waals surface area contributed by atoms with Gasteiger partial charge in [-0.15, -0.1) is 11.3 Å². The van der Waals surface area contributed by atoms with E-state index in [1.54, 1.807) is 24.4 Å². The lowest BCUT2D eigenvalue weighted by molar-refractivity contribution is -0.0493. The van der Waals surface area contributed by atoms with Gasteiger partial charge in [-0.1, -0.05) is 12.1 Å². The second-order valence-corrected chi connectivity index (χ2v) is 5.39. The summed E-state index contributed by atoms with van der Waals surface area (Å²) in [4.78, 5) is 16.3. The smallest absolute Gasteiger partial charge is 0.387 e. The zero-order valence-corrected chi connectivity index (χ0v) is 12.6. The zero-order chi connectivity index (χ0) is 16.1. The van der Waals surface area contributed by atoms with Crippen molar-refractivity contribution in [3.63, 3.8) is 0 Å². The summed E-state index contributed by atoms with van der Waals surface area (Å²) in [6.07, 6.45) is 0.585. The second-order valence-electron chi connectivity index (χ2n) is 4.45. The van der Waals surface area contributed by atoms with Crippen molar-refractivity contribution in [1.82, 2.24) is 4.98 Å². The molecule has 2 rings (SSSR count). The normalized spacial score (nSPS) is 10.8. The average Bonchev–Trinajstić information content (AvgIpc) is 2.91. The third-order valence-electron chi connectivity index (χ3n) is 2.83. The molecule has 1 aromatic carbocycles. The number of benzene rings is 1. The number of rotatable bonds is 6. The highest BCUT2D eigenvalue weighted by Gasteiger charge is 2.16. The van der Waals surface area contributed by atoms with Crippen molar-refractivity contribution in [3.8, 4) is 5.75 Å². The maximum atomic E-state index is 12.4. The van der Waals surface area contributed by atoms with Crippen molar-refractivity contribution in [2.45, 2.75) is 20.0 Å². The molecule has 2 aromatic rings.